The van der Waals surface area contributed by atoms with Crippen molar-refractivity contribution in [3.8, 4) is 11.8 Å². The first-order chi connectivity index (χ1) is 14.6. The second-order valence-electron chi connectivity index (χ2n) is 7.29. The van der Waals surface area contributed by atoms with Crippen molar-refractivity contribution >= 4 is 17.7 Å². The van der Waals surface area contributed by atoms with E-state index in [-0.39, 0.29) is 24.3 Å². The molecule has 3 heterocycles. The van der Waals surface area contributed by atoms with Crippen LogP contribution in [0.25, 0.3) is 0 Å². The minimum atomic E-state index is -0.610. The van der Waals surface area contributed by atoms with Gasteiger partial charge in [0.1, 0.15) is 12.6 Å². The highest BCUT2D eigenvalue weighted by Gasteiger charge is 2.39. The number of carbonyl (C=O) groups excluding carboxylic acids is 3. The van der Waals surface area contributed by atoms with E-state index in [9.17, 15) is 14.4 Å². The highest BCUT2D eigenvalue weighted by atomic mass is 16.5. The van der Waals surface area contributed by atoms with Gasteiger partial charge in [0.15, 0.2) is 0 Å². The first kappa shape index (κ1) is 22.0. The standard InChI is InChI=1S/C21H23N3O4.C2H6/c25-19-7-6-18(20(26)23-19)24-13-17-14(3-1-5-16(17)21(24)27)4-2-12-28-15-8-10-22-11-9-15;1-2/h1,3,5,15,18,22H,6-13H2,(H,23,25,26);1-2H3. The Morgan fingerprint density at radius 1 is 1.13 bits per heavy atom. The summed E-state index contributed by atoms with van der Waals surface area (Å²) in [4.78, 5) is 37.9. The molecule has 0 radical (unpaired) electrons. The average molecular weight is 412 g/mol. The molecular weight excluding hydrogens is 382 g/mol. The maximum Gasteiger partial charge on any atom is 0.255 e. The fourth-order valence-corrected chi connectivity index (χ4v) is 3.96. The molecule has 0 aliphatic carbocycles. The lowest BCUT2D eigenvalue weighted by Gasteiger charge is -2.29. The van der Waals surface area contributed by atoms with Gasteiger partial charge < -0.3 is 15.0 Å². The van der Waals surface area contributed by atoms with E-state index in [0.717, 1.165) is 37.1 Å². The number of nitrogens with zero attached hydrogens (tertiary/aromatic N) is 1. The lowest BCUT2D eigenvalue weighted by Crippen LogP contribution is -2.52. The van der Waals surface area contributed by atoms with Gasteiger partial charge in [0.25, 0.3) is 5.91 Å². The van der Waals surface area contributed by atoms with Crippen molar-refractivity contribution in [3.05, 3.63) is 34.9 Å². The van der Waals surface area contributed by atoms with E-state index < -0.39 is 11.9 Å². The van der Waals surface area contributed by atoms with Crippen molar-refractivity contribution in [3.63, 3.8) is 0 Å². The number of ether oxygens (including phenoxy) is 1. The zero-order valence-corrected chi connectivity index (χ0v) is 17.6. The fourth-order valence-electron chi connectivity index (χ4n) is 3.96. The van der Waals surface area contributed by atoms with Gasteiger partial charge in [0.05, 0.1) is 6.10 Å². The molecule has 3 aliphatic rings. The number of rotatable bonds is 3. The number of hydrogen-bond acceptors (Lipinski definition) is 5. The highest BCUT2D eigenvalue weighted by Crippen LogP contribution is 2.29. The van der Waals surface area contributed by atoms with Crippen molar-refractivity contribution < 1.29 is 19.1 Å². The number of benzene rings is 1. The Kier molecular flexibility index (Phi) is 7.61. The van der Waals surface area contributed by atoms with Crippen LogP contribution in [-0.2, 0) is 20.9 Å². The zero-order chi connectivity index (χ0) is 21.5. The van der Waals surface area contributed by atoms with E-state index >= 15 is 0 Å². The molecule has 3 amide bonds. The first-order valence-corrected chi connectivity index (χ1v) is 10.7. The minimum Gasteiger partial charge on any atom is -0.365 e. The van der Waals surface area contributed by atoms with E-state index in [4.69, 9.17) is 4.74 Å². The van der Waals surface area contributed by atoms with Crippen LogP contribution >= 0.6 is 0 Å². The van der Waals surface area contributed by atoms with Crippen molar-refractivity contribution in [2.45, 2.75) is 58.2 Å². The second kappa shape index (κ2) is 10.4. The molecule has 1 aromatic rings. The molecule has 1 atom stereocenters. The molecular formula is C23H29N3O4. The number of amides is 3. The molecule has 3 aliphatic heterocycles. The smallest absolute Gasteiger partial charge is 0.255 e. The molecule has 1 unspecified atom stereocenters. The number of piperidine rings is 2. The minimum absolute atomic E-state index is 0.181. The Labute approximate surface area is 177 Å². The summed E-state index contributed by atoms with van der Waals surface area (Å²) in [6.45, 7) is 6.64. The lowest BCUT2D eigenvalue weighted by atomic mass is 10.0. The average Bonchev–Trinajstić information content (AvgIpc) is 3.10. The maximum atomic E-state index is 12.8. The zero-order valence-electron chi connectivity index (χ0n) is 17.6. The number of imide groups is 1. The number of hydrogen-bond donors (Lipinski definition) is 2. The second-order valence-corrected chi connectivity index (χ2v) is 7.29. The van der Waals surface area contributed by atoms with E-state index in [1.54, 1.807) is 11.0 Å². The van der Waals surface area contributed by atoms with Gasteiger partial charge in [-0.1, -0.05) is 31.8 Å². The van der Waals surface area contributed by atoms with Gasteiger partial charge in [-0.25, -0.2) is 0 Å². The number of carbonyl (C=O) groups is 3. The SMILES string of the molecule is CC.O=C1CCC(N2Cc3c(C#CCOC4CCNCC4)cccc3C2=O)C(=O)N1. The van der Waals surface area contributed by atoms with Crippen LogP contribution in [-0.4, -0.2) is 54.5 Å². The Balaban J connectivity index is 0.00000124. The topological polar surface area (TPSA) is 87.7 Å². The Morgan fingerprint density at radius 3 is 2.63 bits per heavy atom. The molecule has 4 rings (SSSR count). The summed E-state index contributed by atoms with van der Waals surface area (Å²) in [5.41, 5.74) is 2.21. The van der Waals surface area contributed by atoms with E-state index in [1.807, 2.05) is 26.0 Å². The third-order valence-electron chi connectivity index (χ3n) is 5.48. The summed E-state index contributed by atoms with van der Waals surface area (Å²) in [5.74, 6) is 5.31. The molecule has 160 valence electrons. The van der Waals surface area contributed by atoms with Crippen molar-refractivity contribution in [1.29, 1.82) is 0 Å². The van der Waals surface area contributed by atoms with Crippen LogP contribution in [0, 0.1) is 11.8 Å². The van der Waals surface area contributed by atoms with Gasteiger partial charge in [0.2, 0.25) is 11.8 Å². The molecule has 1 aromatic carbocycles. The molecule has 2 fully saturated rings. The summed E-state index contributed by atoms with van der Waals surface area (Å²) in [7, 11) is 0. The fraction of sp³-hybridized carbons (Fsp3) is 0.522. The van der Waals surface area contributed by atoms with E-state index in [1.165, 1.54) is 0 Å². The Morgan fingerprint density at radius 2 is 1.90 bits per heavy atom. The molecule has 0 saturated carbocycles. The summed E-state index contributed by atoms with van der Waals surface area (Å²) in [5, 5.41) is 5.62. The van der Waals surface area contributed by atoms with Crippen LogP contribution in [0.2, 0.25) is 0 Å². The third-order valence-corrected chi connectivity index (χ3v) is 5.48. The van der Waals surface area contributed by atoms with Crippen LogP contribution in [0.15, 0.2) is 18.2 Å². The van der Waals surface area contributed by atoms with Crippen molar-refractivity contribution in [2.75, 3.05) is 19.7 Å². The monoisotopic (exact) mass is 411 g/mol. The Bertz CT molecular complexity index is 865. The highest BCUT2D eigenvalue weighted by molar-refractivity contribution is 6.05. The van der Waals surface area contributed by atoms with Crippen LogP contribution < -0.4 is 10.6 Å². The van der Waals surface area contributed by atoms with E-state index in [0.29, 0.717) is 25.1 Å². The molecule has 7 heteroatoms. The van der Waals surface area contributed by atoms with Crippen LogP contribution in [0.5, 0.6) is 0 Å². The third kappa shape index (κ3) is 4.89. The maximum absolute atomic E-state index is 12.8. The number of fused-ring (bicyclic) bond motifs is 1. The molecule has 0 bridgehead atoms. The lowest BCUT2D eigenvalue weighted by molar-refractivity contribution is -0.136. The van der Waals surface area contributed by atoms with Gasteiger partial charge in [-0.05, 0) is 50.0 Å². The summed E-state index contributed by atoms with van der Waals surface area (Å²) in [6, 6.07) is 4.85. The van der Waals surface area contributed by atoms with Gasteiger partial charge in [-0.15, -0.1) is 0 Å². The first-order valence-electron chi connectivity index (χ1n) is 10.7. The predicted octanol–water partition coefficient (Wildman–Crippen LogP) is 1.59. The van der Waals surface area contributed by atoms with Gasteiger partial charge in [0, 0.05) is 24.1 Å². The molecule has 7 nitrogen and oxygen atoms in total. The molecule has 30 heavy (non-hydrogen) atoms. The molecule has 0 aromatic heterocycles. The van der Waals surface area contributed by atoms with Crippen molar-refractivity contribution in [2.24, 2.45) is 0 Å². The number of nitrogens with one attached hydrogen (secondary N) is 2. The quantitative estimate of drug-likeness (QED) is 0.583. The van der Waals surface area contributed by atoms with Crippen LogP contribution in [0.4, 0.5) is 0 Å². The summed E-state index contributed by atoms with van der Waals surface area (Å²) in [6.07, 6.45) is 2.85. The van der Waals surface area contributed by atoms with Crippen LogP contribution in [0.3, 0.4) is 0 Å². The normalized spacial score (nSPS) is 21.2. The summed E-state index contributed by atoms with van der Waals surface area (Å²) >= 11 is 0. The van der Waals surface area contributed by atoms with Gasteiger partial charge in [-0.3, -0.25) is 19.7 Å². The van der Waals surface area contributed by atoms with Gasteiger partial charge >= 0.3 is 0 Å². The Hall–Kier alpha value is -2.69. The predicted molar refractivity (Wildman–Crippen MR) is 113 cm³/mol. The van der Waals surface area contributed by atoms with Crippen molar-refractivity contribution in [1.82, 2.24) is 15.5 Å². The van der Waals surface area contributed by atoms with E-state index in [2.05, 4.69) is 22.5 Å². The molecule has 2 N–H and O–H groups in total. The molecule has 2 saturated heterocycles. The van der Waals surface area contributed by atoms with Crippen LogP contribution in [0.1, 0.15) is 61.0 Å². The summed E-state index contributed by atoms with van der Waals surface area (Å²) < 4.78 is 5.81. The largest absolute Gasteiger partial charge is 0.365 e. The molecule has 0 spiro atoms. The van der Waals surface area contributed by atoms with Gasteiger partial charge in [-0.2, -0.15) is 0 Å².